The molecule has 8 heteroatoms. The number of β-amino-alcohol motifs (C(OH)–C–C–N with tert-alkyl or cyclic N) is 1. The molecule has 38 heavy (non-hydrogen) atoms. The van der Waals surface area contributed by atoms with Gasteiger partial charge in [0.1, 0.15) is 29.8 Å². The summed E-state index contributed by atoms with van der Waals surface area (Å²) in [6.45, 7) is 4.79. The number of aliphatic hydroxyl groups is 1. The summed E-state index contributed by atoms with van der Waals surface area (Å²) in [5.74, 6) is 1.75. The van der Waals surface area contributed by atoms with E-state index < -0.39 is 6.10 Å². The monoisotopic (exact) mass is 532 g/mol. The van der Waals surface area contributed by atoms with E-state index in [-0.39, 0.29) is 17.6 Å². The first kappa shape index (κ1) is 24.9. The summed E-state index contributed by atoms with van der Waals surface area (Å²) in [6.07, 6.45) is 0.400. The van der Waals surface area contributed by atoms with Gasteiger partial charge in [-0.3, -0.25) is 14.5 Å². The van der Waals surface area contributed by atoms with Crippen molar-refractivity contribution in [2.24, 2.45) is 5.92 Å². The molecule has 2 aromatic carbocycles. The van der Waals surface area contributed by atoms with Crippen molar-refractivity contribution in [2.75, 3.05) is 26.2 Å². The van der Waals surface area contributed by atoms with Gasteiger partial charge in [0.25, 0.3) is 5.56 Å². The fraction of sp³-hybridized carbons (Fsp3) is 0.333. The number of aromatic nitrogens is 1. The van der Waals surface area contributed by atoms with Crippen molar-refractivity contribution in [2.45, 2.75) is 31.9 Å². The number of pyridine rings is 1. The Morgan fingerprint density at radius 2 is 1.89 bits per heavy atom. The van der Waals surface area contributed by atoms with Crippen LogP contribution < -0.4 is 15.7 Å². The van der Waals surface area contributed by atoms with Crippen LogP contribution in [0, 0.1) is 12.8 Å². The van der Waals surface area contributed by atoms with Crippen molar-refractivity contribution in [1.82, 2.24) is 9.47 Å². The number of ether oxygens (including phenoxy) is 1. The number of benzene rings is 2. The summed E-state index contributed by atoms with van der Waals surface area (Å²) in [5.41, 5.74) is 2.76. The number of likely N-dealkylation sites (tertiary alicyclic amines) is 1. The third-order valence-corrected chi connectivity index (χ3v) is 7.89. The second-order valence-corrected chi connectivity index (χ2v) is 10.8. The van der Waals surface area contributed by atoms with Gasteiger partial charge in [-0.1, -0.05) is 29.8 Å². The lowest BCUT2D eigenvalue weighted by molar-refractivity contribution is 0.0384. The van der Waals surface area contributed by atoms with Crippen LogP contribution in [0.3, 0.4) is 0 Å². The molecule has 1 saturated heterocycles. The summed E-state index contributed by atoms with van der Waals surface area (Å²) < 4.78 is 13.8. The number of piperidine rings is 1. The van der Waals surface area contributed by atoms with Crippen molar-refractivity contribution < 1.29 is 14.3 Å². The van der Waals surface area contributed by atoms with Gasteiger partial charge in [0.05, 0.1) is 10.9 Å². The summed E-state index contributed by atoms with van der Waals surface area (Å²) in [6, 6.07) is 17.7. The standard InChI is InChI=1S/C30H29ClN2O5/c1-18-29(20-5-7-22(31)8-6-20)30(36)25-10-9-24(12-27(25)38-18)37-17-23(34)16-32-13-19-11-21(15-32)26-3-2-4-28(35)33(26)14-19/h2-10,12,19,21,23,34H,11,13-17H2,1H3/t19-,21+,23?/m1/s1. The minimum Gasteiger partial charge on any atom is -0.491 e. The molecule has 0 saturated carbocycles. The zero-order valence-electron chi connectivity index (χ0n) is 21.1. The normalized spacial score (nSPS) is 19.8. The Morgan fingerprint density at radius 1 is 1.08 bits per heavy atom. The predicted molar refractivity (Wildman–Crippen MR) is 147 cm³/mol. The topological polar surface area (TPSA) is 84.9 Å². The van der Waals surface area contributed by atoms with E-state index in [0.717, 1.165) is 37.3 Å². The third-order valence-electron chi connectivity index (χ3n) is 7.64. The molecule has 2 aliphatic rings. The maximum absolute atomic E-state index is 13.2. The van der Waals surface area contributed by atoms with Crippen LogP contribution in [0.25, 0.3) is 22.1 Å². The Bertz CT molecular complexity index is 1610. The first-order valence-corrected chi connectivity index (χ1v) is 13.3. The molecule has 0 amide bonds. The Kier molecular flexibility index (Phi) is 6.60. The fourth-order valence-corrected chi connectivity index (χ4v) is 6.14. The van der Waals surface area contributed by atoms with Gasteiger partial charge in [-0.15, -0.1) is 0 Å². The van der Waals surface area contributed by atoms with Crippen LogP contribution >= 0.6 is 11.6 Å². The molecular weight excluding hydrogens is 504 g/mol. The van der Waals surface area contributed by atoms with Crippen LogP contribution in [0.15, 0.2) is 74.7 Å². The van der Waals surface area contributed by atoms with E-state index in [1.54, 1.807) is 55.5 Å². The Morgan fingerprint density at radius 3 is 2.71 bits per heavy atom. The van der Waals surface area contributed by atoms with Crippen LogP contribution in [0.4, 0.5) is 0 Å². The van der Waals surface area contributed by atoms with Crippen LogP contribution in [0.1, 0.15) is 23.8 Å². The molecule has 0 aliphatic carbocycles. The molecule has 196 valence electrons. The Labute approximate surface area is 224 Å². The lowest BCUT2D eigenvalue weighted by Gasteiger charge is -2.43. The third kappa shape index (κ3) is 4.77. The minimum absolute atomic E-state index is 0.0710. The molecule has 1 fully saturated rings. The number of halogens is 1. The molecule has 2 aromatic heterocycles. The molecule has 4 aromatic rings. The summed E-state index contributed by atoms with van der Waals surface area (Å²) in [5, 5.41) is 11.8. The van der Waals surface area contributed by atoms with Crippen molar-refractivity contribution in [1.29, 1.82) is 0 Å². The van der Waals surface area contributed by atoms with Gasteiger partial charge in [0.15, 0.2) is 0 Å². The fourth-order valence-electron chi connectivity index (χ4n) is 6.01. The summed E-state index contributed by atoms with van der Waals surface area (Å²) in [7, 11) is 0. The van der Waals surface area contributed by atoms with E-state index in [9.17, 15) is 14.7 Å². The lowest BCUT2D eigenvalue weighted by Crippen LogP contribution is -2.49. The lowest BCUT2D eigenvalue weighted by atomic mass is 9.83. The predicted octanol–water partition coefficient (Wildman–Crippen LogP) is 4.44. The van der Waals surface area contributed by atoms with Crippen molar-refractivity contribution >= 4 is 22.6 Å². The molecular formula is C30H29ClN2O5. The average molecular weight is 533 g/mol. The van der Waals surface area contributed by atoms with Gasteiger partial charge >= 0.3 is 0 Å². The maximum Gasteiger partial charge on any atom is 0.250 e. The van der Waals surface area contributed by atoms with Gasteiger partial charge in [0, 0.05) is 54.9 Å². The quantitative estimate of drug-likeness (QED) is 0.395. The number of rotatable bonds is 6. The molecule has 1 N–H and O–H groups in total. The highest BCUT2D eigenvalue weighted by Gasteiger charge is 2.35. The molecule has 2 aliphatic heterocycles. The molecule has 4 heterocycles. The Balaban J connectivity index is 1.12. The van der Waals surface area contributed by atoms with Crippen LogP contribution in [-0.2, 0) is 6.54 Å². The van der Waals surface area contributed by atoms with Crippen molar-refractivity contribution in [3.8, 4) is 16.9 Å². The number of hydrogen-bond acceptors (Lipinski definition) is 6. The number of hydrogen-bond donors (Lipinski definition) is 1. The average Bonchev–Trinajstić information content (AvgIpc) is 2.89. The summed E-state index contributed by atoms with van der Waals surface area (Å²) >= 11 is 6.00. The second kappa shape index (κ2) is 10.1. The molecule has 6 rings (SSSR count). The zero-order valence-corrected chi connectivity index (χ0v) is 21.9. The highest BCUT2D eigenvalue weighted by Crippen LogP contribution is 2.35. The van der Waals surface area contributed by atoms with E-state index in [4.69, 9.17) is 20.8 Å². The van der Waals surface area contributed by atoms with Crippen molar-refractivity contribution in [3.05, 3.63) is 97.7 Å². The van der Waals surface area contributed by atoms with E-state index in [1.807, 2.05) is 16.7 Å². The first-order valence-electron chi connectivity index (χ1n) is 12.9. The first-order chi connectivity index (χ1) is 18.4. The second-order valence-electron chi connectivity index (χ2n) is 10.4. The van der Waals surface area contributed by atoms with Crippen LogP contribution in [0.2, 0.25) is 5.02 Å². The highest BCUT2D eigenvalue weighted by molar-refractivity contribution is 6.30. The van der Waals surface area contributed by atoms with Gasteiger partial charge < -0.3 is 18.8 Å². The van der Waals surface area contributed by atoms with Crippen LogP contribution in [-0.4, -0.2) is 46.9 Å². The largest absolute Gasteiger partial charge is 0.491 e. The number of aryl methyl sites for hydroxylation is 1. The van der Waals surface area contributed by atoms with Crippen LogP contribution in [0.5, 0.6) is 5.75 Å². The van der Waals surface area contributed by atoms with E-state index >= 15 is 0 Å². The van der Waals surface area contributed by atoms with Gasteiger partial charge in [-0.2, -0.15) is 0 Å². The van der Waals surface area contributed by atoms with Crippen molar-refractivity contribution in [3.63, 3.8) is 0 Å². The molecule has 7 nitrogen and oxygen atoms in total. The minimum atomic E-state index is -0.677. The van der Waals surface area contributed by atoms with E-state index in [0.29, 0.717) is 51.4 Å². The summed E-state index contributed by atoms with van der Waals surface area (Å²) in [4.78, 5) is 27.7. The van der Waals surface area contributed by atoms with E-state index in [1.165, 1.54) is 0 Å². The molecule has 0 spiro atoms. The van der Waals surface area contributed by atoms with E-state index in [2.05, 4.69) is 4.90 Å². The smallest absolute Gasteiger partial charge is 0.250 e. The number of aliphatic hydroxyl groups excluding tert-OH is 1. The van der Waals surface area contributed by atoms with Gasteiger partial charge in [-0.25, -0.2) is 0 Å². The molecule has 1 unspecified atom stereocenters. The molecule has 0 radical (unpaired) electrons. The molecule has 2 bridgehead atoms. The molecule has 3 atom stereocenters. The number of fused-ring (bicyclic) bond motifs is 5. The maximum atomic E-state index is 13.2. The SMILES string of the molecule is Cc1oc2cc(OCC(O)CN3C[C@H]4C[C@@H](C3)c3cccc(=O)n3C4)ccc2c(=O)c1-c1ccc(Cl)cc1. The van der Waals surface area contributed by atoms with Gasteiger partial charge in [-0.05, 0) is 55.2 Å². The Hall–Kier alpha value is -3.39. The zero-order chi connectivity index (χ0) is 26.4. The highest BCUT2D eigenvalue weighted by atomic mass is 35.5. The number of nitrogens with zero attached hydrogens (tertiary/aromatic N) is 2. The van der Waals surface area contributed by atoms with Gasteiger partial charge in [0.2, 0.25) is 5.43 Å².